The van der Waals surface area contributed by atoms with Crippen LogP contribution in [-0.4, -0.2) is 25.8 Å². The van der Waals surface area contributed by atoms with Crippen molar-refractivity contribution in [1.82, 2.24) is 5.43 Å². The highest BCUT2D eigenvalue weighted by atomic mass is 79.9. The fourth-order valence-corrected chi connectivity index (χ4v) is 3.57. The molecule has 1 amide bonds. The van der Waals surface area contributed by atoms with Gasteiger partial charge in [-0.3, -0.25) is 4.79 Å². The smallest absolute Gasteiger partial charge is 0.271 e. The number of hydrogen-bond donors (Lipinski definition) is 1. The Morgan fingerprint density at radius 1 is 1.09 bits per heavy atom. The lowest BCUT2D eigenvalue weighted by molar-refractivity contribution is 0.0955. The van der Waals surface area contributed by atoms with Gasteiger partial charge in [-0.15, -0.1) is 0 Å². The second-order valence-corrected chi connectivity index (χ2v) is 7.82. The molecule has 0 radical (unpaired) electrons. The number of carbonyl (C=O) groups is 1. The molecule has 0 spiro atoms. The number of hydrazone groups is 1. The summed E-state index contributed by atoms with van der Waals surface area (Å²) in [7, 11) is 1.58. The zero-order valence-corrected chi connectivity index (χ0v) is 19.8. The van der Waals surface area contributed by atoms with Crippen molar-refractivity contribution in [2.75, 3.05) is 13.7 Å². The molecule has 7 heteroatoms. The molecule has 3 aromatic carbocycles. The fourth-order valence-electron chi connectivity index (χ4n) is 3.00. The molecule has 0 heterocycles. The number of methoxy groups -OCH3 is 1. The molecule has 0 saturated carbocycles. The Hall–Kier alpha value is -3.32. The predicted octanol–water partition coefficient (Wildman–Crippen LogP) is 5.51. The first-order valence-electron chi connectivity index (χ1n) is 10.1. The number of ether oxygens (including phenoxy) is 3. The van der Waals surface area contributed by atoms with Gasteiger partial charge in [0.25, 0.3) is 5.91 Å². The standard InChI is InChI=1S/C25H25BrN2O4/c1-4-31-23-14-19(15-27-28-25(29)20-8-10-21(30-3)11-9-20)13-22(26)24(23)32-16-18-7-5-6-17(2)12-18/h5-15H,4,16H2,1-3H3,(H,28,29)/b27-15-. The normalized spacial score (nSPS) is 10.8. The highest BCUT2D eigenvalue weighted by molar-refractivity contribution is 9.10. The number of aryl methyl sites for hydroxylation is 1. The monoisotopic (exact) mass is 496 g/mol. The summed E-state index contributed by atoms with van der Waals surface area (Å²) in [5.41, 5.74) is 6.01. The maximum atomic E-state index is 12.2. The van der Waals surface area contributed by atoms with Crippen molar-refractivity contribution in [3.63, 3.8) is 0 Å². The molecule has 166 valence electrons. The molecular weight excluding hydrogens is 472 g/mol. The lowest BCUT2D eigenvalue weighted by atomic mass is 10.1. The van der Waals surface area contributed by atoms with Gasteiger partial charge in [0.2, 0.25) is 0 Å². The average molecular weight is 497 g/mol. The van der Waals surface area contributed by atoms with E-state index in [1.165, 1.54) is 5.56 Å². The lowest BCUT2D eigenvalue weighted by Crippen LogP contribution is -2.17. The third kappa shape index (κ3) is 6.34. The van der Waals surface area contributed by atoms with E-state index in [1.54, 1.807) is 37.6 Å². The van der Waals surface area contributed by atoms with Crippen LogP contribution in [-0.2, 0) is 6.61 Å². The minimum absolute atomic E-state index is 0.314. The van der Waals surface area contributed by atoms with Crippen molar-refractivity contribution in [3.8, 4) is 17.2 Å². The quantitative estimate of drug-likeness (QED) is 0.313. The van der Waals surface area contributed by atoms with Gasteiger partial charge in [0.1, 0.15) is 12.4 Å². The van der Waals surface area contributed by atoms with Crippen molar-refractivity contribution in [2.24, 2.45) is 5.10 Å². The van der Waals surface area contributed by atoms with Gasteiger partial charge in [0, 0.05) is 5.56 Å². The van der Waals surface area contributed by atoms with Crippen molar-refractivity contribution in [2.45, 2.75) is 20.5 Å². The Kier molecular flexibility index (Phi) is 8.27. The van der Waals surface area contributed by atoms with E-state index >= 15 is 0 Å². The molecule has 0 unspecified atom stereocenters. The van der Waals surface area contributed by atoms with Crippen LogP contribution in [0.3, 0.4) is 0 Å². The summed E-state index contributed by atoms with van der Waals surface area (Å²) in [6.07, 6.45) is 1.55. The third-order valence-electron chi connectivity index (χ3n) is 4.53. The number of amides is 1. The number of carbonyl (C=O) groups excluding carboxylic acids is 1. The highest BCUT2D eigenvalue weighted by Crippen LogP contribution is 2.37. The van der Waals surface area contributed by atoms with Crippen LogP contribution in [0.1, 0.15) is 34.0 Å². The molecule has 0 aliphatic heterocycles. The van der Waals surface area contributed by atoms with E-state index in [1.807, 2.05) is 44.2 Å². The van der Waals surface area contributed by atoms with Crippen molar-refractivity contribution < 1.29 is 19.0 Å². The van der Waals surface area contributed by atoms with Gasteiger partial charge in [-0.25, -0.2) is 5.43 Å². The van der Waals surface area contributed by atoms with E-state index in [0.29, 0.717) is 36.0 Å². The molecule has 0 aliphatic carbocycles. The Bertz CT molecular complexity index is 1100. The Labute approximate surface area is 196 Å². The summed E-state index contributed by atoms with van der Waals surface area (Å²) < 4.78 is 17.6. The Morgan fingerprint density at radius 3 is 2.56 bits per heavy atom. The maximum absolute atomic E-state index is 12.2. The van der Waals surface area contributed by atoms with Crippen molar-refractivity contribution in [1.29, 1.82) is 0 Å². The summed E-state index contributed by atoms with van der Waals surface area (Å²) in [6, 6.07) is 18.6. The van der Waals surface area contributed by atoms with E-state index in [2.05, 4.69) is 32.5 Å². The van der Waals surface area contributed by atoms with Gasteiger partial charge in [0.05, 0.1) is 24.4 Å². The molecule has 3 aromatic rings. The zero-order valence-electron chi connectivity index (χ0n) is 18.2. The first kappa shape index (κ1) is 23.3. The van der Waals surface area contributed by atoms with Gasteiger partial charge in [-0.05, 0) is 77.3 Å². The number of benzene rings is 3. The lowest BCUT2D eigenvalue weighted by Gasteiger charge is -2.15. The molecule has 0 aromatic heterocycles. The summed E-state index contributed by atoms with van der Waals surface area (Å²) in [4.78, 5) is 12.2. The Morgan fingerprint density at radius 2 is 1.88 bits per heavy atom. The summed E-state index contributed by atoms with van der Waals surface area (Å²) >= 11 is 3.56. The third-order valence-corrected chi connectivity index (χ3v) is 5.12. The van der Waals surface area contributed by atoms with Crippen molar-refractivity contribution in [3.05, 3.63) is 87.4 Å². The minimum atomic E-state index is -0.314. The van der Waals surface area contributed by atoms with Crippen LogP contribution < -0.4 is 19.6 Å². The topological polar surface area (TPSA) is 69.2 Å². The van der Waals surface area contributed by atoms with E-state index in [-0.39, 0.29) is 5.91 Å². The molecule has 6 nitrogen and oxygen atoms in total. The summed E-state index contributed by atoms with van der Waals surface area (Å²) in [5.74, 6) is 1.58. The van der Waals surface area contributed by atoms with Crippen LogP contribution in [0.5, 0.6) is 17.2 Å². The SMILES string of the molecule is CCOc1cc(/C=N\NC(=O)c2ccc(OC)cc2)cc(Br)c1OCc1cccc(C)c1. The second kappa shape index (κ2) is 11.3. The molecular formula is C25H25BrN2O4. The molecule has 0 aliphatic rings. The Balaban J connectivity index is 1.70. The highest BCUT2D eigenvalue weighted by Gasteiger charge is 2.12. The van der Waals surface area contributed by atoms with Crippen LogP contribution in [0.25, 0.3) is 0 Å². The molecule has 32 heavy (non-hydrogen) atoms. The molecule has 0 fully saturated rings. The number of nitrogens with zero attached hydrogens (tertiary/aromatic N) is 1. The zero-order chi connectivity index (χ0) is 22.9. The van der Waals surface area contributed by atoms with E-state index < -0.39 is 0 Å². The van der Waals surface area contributed by atoms with E-state index in [9.17, 15) is 4.79 Å². The first-order valence-corrected chi connectivity index (χ1v) is 10.9. The number of hydrogen-bond acceptors (Lipinski definition) is 5. The summed E-state index contributed by atoms with van der Waals surface area (Å²) in [6.45, 7) is 4.87. The number of rotatable bonds is 9. The average Bonchev–Trinajstić information content (AvgIpc) is 2.79. The van der Waals surface area contributed by atoms with Gasteiger partial charge >= 0.3 is 0 Å². The molecule has 3 rings (SSSR count). The van der Waals surface area contributed by atoms with Crippen LogP contribution in [0, 0.1) is 6.92 Å². The second-order valence-electron chi connectivity index (χ2n) is 6.97. The fraction of sp³-hybridized carbons (Fsp3) is 0.200. The van der Waals surface area contributed by atoms with Gasteiger partial charge in [-0.1, -0.05) is 29.8 Å². The largest absolute Gasteiger partial charge is 0.497 e. The van der Waals surface area contributed by atoms with Gasteiger partial charge < -0.3 is 14.2 Å². The maximum Gasteiger partial charge on any atom is 0.271 e. The van der Waals surface area contributed by atoms with Gasteiger partial charge in [-0.2, -0.15) is 5.10 Å². The summed E-state index contributed by atoms with van der Waals surface area (Å²) in [5, 5.41) is 4.06. The molecule has 1 N–H and O–H groups in total. The van der Waals surface area contributed by atoms with Gasteiger partial charge in [0.15, 0.2) is 11.5 Å². The minimum Gasteiger partial charge on any atom is -0.497 e. The predicted molar refractivity (Wildman–Crippen MR) is 129 cm³/mol. The molecule has 0 saturated heterocycles. The van der Waals surface area contributed by atoms with Crippen molar-refractivity contribution >= 4 is 28.1 Å². The molecule has 0 bridgehead atoms. The van der Waals surface area contributed by atoms with Crippen LogP contribution in [0.2, 0.25) is 0 Å². The number of halogens is 1. The van der Waals surface area contributed by atoms with E-state index in [0.717, 1.165) is 15.6 Å². The first-order chi connectivity index (χ1) is 15.5. The van der Waals surface area contributed by atoms with Crippen LogP contribution in [0.4, 0.5) is 0 Å². The van der Waals surface area contributed by atoms with Crippen LogP contribution >= 0.6 is 15.9 Å². The molecule has 0 atom stereocenters. The number of nitrogens with one attached hydrogen (secondary N) is 1. The van der Waals surface area contributed by atoms with E-state index in [4.69, 9.17) is 14.2 Å². The van der Waals surface area contributed by atoms with Crippen LogP contribution in [0.15, 0.2) is 70.2 Å².